The molecular weight excluding hydrogens is 717 g/mol. The summed E-state index contributed by atoms with van der Waals surface area (Å²) < 4.78 is 96.2. The molecule has 0 aliphatic heterocycles. The van der Waals surface area contributed by atoms with E-state index in [2.05, 4.69) is 42.5 Å². The number of furan rings is 1. The van der Waals surface area contributed by atoms with Crippen LogP contribution in [0.1, 0.15) is 13.7 Å². The molecule has 5 nitrogen and oxygen atoms in total. The van der Waals surface area contributed by atoms with Crippen LogP contribution in [0.5, 0.6) is 0 Å². The largest absolute Gasteiger partial charge is 0.456 e. The summed E-state index contributed by atoms with van der Waals surface area (Å²) in [6, 6.07) is 34.5. The number of para-hydroxylation sites is 1. The van der Waals surface area contributed by atoms with Gasteiger partial charge in [0.25, 0.3) is 0 Å². The maximum absolute atomic E-state index is 8.99. The van der Waals surface area contributed by atoms with Gasteiger partial charge in [-0.25, -0.2) is 4.98 Å². The maximum atomic E-state index is 8.99. The molecule has 266 valence electrons. The van der Waals surface area contributed by atoms with Crippen LogP contribution in [-0.2, 0) is 0 Å². The molecule has 0 atom stereocenters. The Labute approximate surface area is 344 Å². The second-order valence-corrected chi connectivity index (χ2v) is 14.6. The van der Waals surface area contributed by atoms with Crippen molar-refractivity contribution < 1.29 is 18.1 Å². The first kappa shape index (κ1) is 23.5. The Morgan fingerprint density at radius 3 is 1.98 bits per heavy atom. The second kappa shape index (κ2) is 12.6. The van der Waals surface area contributed by atoms with Crippen LogP contribution in [0.3, 0.4) is 0 Å². The highest BCUT2D eigenvalue weighted by atomic mass is 32.1. The number of rotatable bonds is 5. The van der Waals surface area contributed by atoms with Gasteiger partial charge in [-0.3, -0.25) is 4.57 Å². The van der Waals surface area contributed by atoms with Crippen molar-refractivity contribution >= 4 is 75.3 Å². The molecule has 0 bridgehead atoms. The molecule has 0 unspecified atom stereocenters. The van der Waals surface area contributed by atoms with E-state index < -0.39 is 48.3 Å². The fourth-order valence-electron chi connectivity index (χ4n) is 7.98. The van der Waals surface area contributed by atoms with Crippen molar-refractivity contribution in [3.05, 3.63) is 182 Å². The van der Waals surface area contributed by atoms with Crippen LogP contribution in [0.25, 0.3) is 115 Å². The van der Waals surface area contributed by atoms with Crippen LogP contribution in [0, 0.1) is 0 Å². The lowest BCUT2D eigenvalue weighted by Gasteiger charge is -2.11. The molecule has 12 aromatic rings. The Bertz CT molecular complexity index is 4070. The van der Waals surface area contributed by atoms with Crippen LogP contribution in [-0.4, -0.2) is 19.5 Å². The monoisotopic (exact) mass is 756 g/mol. The lowest BCUT2D eigenvalue weighted by molar-refractivity contribution is 0.669. The van der Waals surface area contributed by atoms with E-state index in [1.807, 2.05) is 47.0 Å². The number of hydrogen-bond acceptors (Lipinski definition) is 5. The average Bonchev–Trinajstić information content (AvgIpc) is 4.04. The molecule has 12 rings (SSSR count). The van der Waals surface area contributed by atoms with Gasteiger partial charge in [-0.05, 0) is 46.5 Å². The molecule has 0 N–H and O–H groups in total. The zero-order valence-corrected chi connectivity index (χ0v) is 30.5. The summed E-state index contributed by atoms with van der Waals surface area (Å²) in [4.78, 5) is 15.0. The number of thiophene rings is 1. The molecular formula is C51H30N4OS. The van der Waals surface area contributed by atoms with E-state index in [1.165, 1.54) is 0 Å². The average molecular weight is 757 g/mol. The van der Waals surface area contributed by atoms with Crippen LogP contribution in [0.4, 0.5) is 0 Å². The Hall–Kier alpha value is -7.41. The molecule has 0 amide bonds. The van der Waals surface area contributed by atoms with Crippen molar-refractivity contribution in [3.8, 4) is 51.0 Å². The van der Waals surface area contributed by atoms with Gasteiger partial charge in [-0.15, -0.1) is 11.3 Å². The predicted molar refractivity (Wildman–Crippen MR) is 236 cm³/mol. The van der Waals surface area contributed by atoms with E-state index in [9.17, 15) is 0 Å². The van der Waals surface area contributed by atoms with Crippen LogP contribution >= 0.6 is 11.3 Å². The molecule has 6 heteroatoms. The molecule has 4 aromatic heterocycles. The number of fused-ring (bicyclic) bond motifs is 10. The molecule has 0 saturated heterocycles. The van der Waals surface area contributed by atoms with Gasteiger partial charge in [0.05, 0.1) is 29.4 Å². The fraction of sp³-hybridized carbons (Fsp3) is 0. The zero-order valence-electron chi connectivity index (χ0n) is 39.7. The van der Waals surface area contributed by atoms with E-state index in [4.69, 9.17) is 33.1 Å². The van der Waals surface area contributed by atoms with Gasteiger partial charge >= 0.3 is 0 Å². The normalized spacial score (nSPS) is 14.3. The topological polar surface area (TPSA) is 56.7 Å². The summed E-state index contributed by atoms with van der Waals surface area (Å²) in [5.74, 6) is 0.145. The molecule has 0 radical (unpaired) electrons. The molecule has 8 aromatic carbocycles. The number of aromatic nitrogens is 4. The second-order valence-electron chi connectivity index (χ2n) is 13.6. The molecule has 0 aliphatic rings. The van der Waals surface area contributed by atoms with Gasteiger partial charge in [-0.1, -0.05) is 157 Å². The van der Waals surface area contributed by atoms with E-state index in [0.717, 1.165) is 53.1 Å². The van der Waals surface area contributed by atoms with Crippen molar-refractivity contribution in [1.29, 1.82) is 0 Å². The van der Waals surface area contributed by atoms with Crippen molar-refractivity contribution in [2.24, 2.45) is 0 Å². The number of nitrogens with zero attached hydrogens (tertiary/aromatic N) is 4. The van der Waals surface area contributed by atoms with Crippen molar-refractivity contribution in [2.45, 2.75) is 0 Å². The fourth-order valence-corrected chi connectivity index (χ4v) is 9.36. The Morgan fingerprint density at radius 1 is 0.474 bits per heavy atom. The van der Waals surface area contributed by atoms with E-state index in [0.29, 0.717) is 33.1 Å². The smallest absolute Gasteiger partial charge is 0.238 e. The molecule has 0 aliphatic carbocycles. The standard InChI is InChI=1S/C51H30N4OS/c1-4-14-31(15-5-1)35-21-13-25-43-45(35)41-27-26-34(30-44(41)56-43)50-52-49(33-18-8-3-9-19-33)53-51(54-50)55-42-24-11-10-20-37(42)38-28-29-40-39-23-12-22-36(32-16-6-2-7-17-32)47(39)57-48(40)46(38)55/h1-30H/i1D,3D,4D,5D,8D,9D,14D,15D,18D,19D. The Balaban J connectivity index is 1.14. The summed E-state index contributed by atoms with van der Waals surface area (Å²) in [6.07, 6.45) is 0. The van der Waals surface area contributed by atoms with Crippen molar-refractivity contribution in [3.63, 3.8) is 0 Å². The molecule has 0 fully saturated rings. The SMILES string of the molecule is [2H]c1c([2H])c([2H])c(-c2nc(-c3ccc4c(c3)oc3cccc(-c5c([2H])c([2H])c([2H])c([2H])c5[2H])c34)nc(-n3c4ccccc4c4ccc5c6cccc(-c7ccccc7)c6sc5c43)n2)c([2H])c1[2H]. The number of benzene rings is 8. The maximum Gasteiger partial charge on any atom is 0.238 e. The first-order valence-electron chi connectivity index (χ1n) is 23.2. The van der Waals surface area contributed by atoms with Crippen molar-refractivity contribution in [2.75, 3.05) is 0 Å². The van der Waals surface area contributed by atoms with Gasteiger partial charge in [0, 0.05) is 48.1 Å². The van der Waals surface area contributed by atoms with E-state index >= 15 is 0 Å². The van der Waals surface area contributed by atoms with Crippen LogP contribution in [0.15, 0.2) is 186 Å². The molecule has 0 spiro atoms. The van der Waals surface area contributed by atoms with Crippen LogP contribution < -0.4 is 0 Å². The lowest BCUT2D eigenvalue weighted by atomic mass is 9.99. The van der Waals surface area contributed by atoms with E-state index in [-0.39, 0.29) is 40.8 Å². The summed E-state index contributed by atoms with van der Waals surface area (Å²) in [6.45, 7) is 0. The highest BCUT2D eigenvalue weighted by Gasteiger charge is 2.22. The first-order valence-corrected chi connectivity index (χ1v) is 19.0. The van der Waals surface area contributed by atoms with Crippen molar-refractivity contribution in [1.82, 2.24) is 19.5 Å². The summed E-state index contributed by atoms with van der Waals surface area (Å²) >= 11 is 1.67. The summed E-state index contributed by atoms with van der Waals surface area (Å²) in [7, 11) is 0. The highest BCUT2D eigenvalue weighted by molar-refractivity contribution is 7.27. The third-order valence-electron chi connectivity index (χ3n) is 10.5. The minimum absolute atomic E-state index is 0.0453. The Kier molecular flexibility index (Phi) is 5.18. The van der Waals surface area contributed by atoms with Gasteiger partial charge in [0.1, 0.15) is 11.2 Å². The minimum atomic E-state index is -0.545. The van der Waals surface area contributed by atoms with Gasteiger partial charge in [0.15, 0.2) is 11.6 Å². The highest BCUT2D eigenvalue weighted by Crippen LogP contribution is 2.46. The zero-order chi connectivity index (χ0) is 46.2. The summed E-state index contributed by atoms with van der Waals surface area (Å²) in [5.41, 5.74) is 5.32. The Morgan fingerprint density at radius 2 is 1.14 bits per heavy atom. The van der Waals surface area contributed by atoms with Gasteiger partial charge in [0.2, 0.25) is 5.95 Å². The van der Waals surface area contributed by atoms with Crippen LogP contribution in [0.2, 0.25) is 0 Å². The quantitative estimate of drug-likeness (QED) is 0.175. The first-order chi connectivity index (χ1) is 32.4. The molecule has 0 saturated carbocycles. The minimum Gasteiger partial charge on any atom is -0.456 e. The van der Waals surface area contributed by atoms with Gasteiger partial charge < -0.3 is 4.42 Å². The lowest BCUT2D eigenvalue weighted by Crippen LogP contribution is -2.06. The third kappa shape index (κ3) is 4.98. The van der Waals surface area contributed by atoms with E-state index in [1.54, 1.807) is 47.7 Å². The summed E-state index contributed by atoms with van der Waals surface area (Å²) in [5, 5.41) is 5.15. The number of hydrogen-bond donors (Lipinski definition) is 0. The molecule has 57 heavy (non-hydrogen) atoms. The third-order valence-corrected chi connectivity index (χ3v) is 11.7. The predicted octanol–water partition coefficient (Wildman–Crippen LogP) is 13.9. The molecule has 4 heterocycles. The van der Waals surface area contributed by atoms with Gasteiger partial charge in [-0.2, -0.15) is 9.97 Å².